The summed E-state index contributed by atoms with van der Waals surface area (Å²) in [5.41, 5.74) is 0.591. The third kappa shape index (κ3) is 4.50. The molecule has 11 heteroatoms. The number of methoxy groups -OCH3 is 1. The maximum absolute atomic E-state index is 13.0. The largest absolute Gasteiger partial charge is 0.465 e. The van der Waals surface area contributed by atoms with Crippen LogP contribution in [0.1, 0.15) is 69.1 Å². The third-order valence-electron chi connectivity index (χ3n) is 4.59. The first-order valence-electron chi connectivity index (χ1n) is 9.31. The van der Waals surface area contributed by atoms with Crippen molar-refractivity contribution in [3.63, 3.8) is 0 Å². The molecule has 1 fully saturated rings. The quantitative estimate of drug-likeness (QED) is 0.628. The summed E-state index contributed by atoms with van der Waals surface area (Å²) in [6.07, 6.45) is -1.02. The van der Waals surface area contributed by atoms with Crippen LogP contribution >= 0.6 is 11.3 Å². The zero-order chi connectivity index (χ0) is 22.0. The number of hydrogen-bond donors (Lipinski definition) is 1. The molecule has 1 amide bonds. The molecule has 0 spiro atoms. The number of ether oxygens (including phenoxy) is 2. The van der Waals surface area contributed by atoms with Crippen molar-refractivity contribution in [1.82, 2.24) is 9.78 Å². The summed E-state index contributed by atoms with van der Waals surface area (Å²) in [5, 5.41) is 6.55. The van der Waals surface area contributed by atoms with Gasteiger partial charge in [0.25, 0.3) is 6.43 Å². The van der Waals surface area contributed by atoms with Crippen molar-refractivity contribution in [2.75, 3.05) is 19.0 Å². The van der Waals surface area contributed by atoms with E-state index >= 15 is 0 Å². The standard InChI is InChI=1S/C19H21F2N3O5S/c1-4-29-19(27)15-9(2)14(18(26)28-3)17(30-15)22-13(25)8-24-12(10-5-6-10)7-11(23-24)16(20)21/h7,10,16H,4-6,8H2,1-3H3,(H,22,25). The second kappa shape index (κ2) is 8.90. The zero-order valence-corrected chi connectivity index (χ0v) is 17.5. The van der Waals surface area contributed by atoms with Gasteiger partial charge in [-0.25, -0.2) is 18.4 Å². The molecule has 162 valence electrons. The van der Waals surface area contributed by atoms with E-state index in [0.717, 1.165) is 24.2 Å². The smallest absolute Gasteiger partial charge is 0.348 e. The second-order valence-electron chi connectivity index (χ2n) is 6.75. The lowest BCUT2D eigenvalue weighted by molar-refractivity contribution is -0.116. The molecule has 2 aromatic rings. The number of carbonyl (C=O) groups is 3. The van der Waals surface area contributed by atoms with Gasteiger partial charge >= 0.3 is 11.9 Å². The van der Waals surface area contributed by atoms with Crippen LogP contribution in [0.4, 0.5) is 13.8 Å². The number of carbonyl (C=O) groups excluding carboxylic acids is 3. The lowest BCUT2D eigenvalue weighted by atomic mass is 10.1. The van der Waals surface area contributed by atoms with Crippen LogP contribution in [0.3, 0.4) is 0 Å². The topological polar surface area (TPSA) is 99.5 Å². The van der Waals surface area contributed by atoms with Gasteiger partial charge in [-0.05, 0) is 38.3 Å². The molecule has 1 N–H and O–H groups in total. The zero-order valence-electron chi connectivity index (χ0n) is 16.7. The Bertz CT molecular complexity index is 981. The molecule has 2 heterocycles. The van der Waals surface area contributed by atoms with E-state index in [-0.39, 0.29) is 40.2 Å². The van der Waals surface area contributed by atoms with Crippen LogP contribution < -0.4 is 5.32 Å². The maximum Gasteiger partial charge on any atom is 0.348 e. The Labute approximate surface area is 175 Å². The number of alkyl halides is 2. The molecule has 0 atom stereocenters. The summed E-state index contributed by atoms with van der Waals surface area (Å²) in [7, 11) is 1.19. The van der Waals surface area contributed by atoms with Gasteiger partial charge in [-0.2, -0.15) is 5.10 Å². The van der Waals surface area contributed by atoms with Crippen molar-refractivity contribution in [2.45, 2.75) is 45.6 Å². The van der Waals surface area contributed by atoms with Crippen molar-refractivity contribution in [2.24, 2.45) is 0 Å². The van der Waals surface area contributed by atoms with Crippen LogP contribution in [0.5, 0.6) is 0 Å². The van der Waals surface area contributed by atoms with Gasteiger partial charge in [0.2, 0.25) is 5.91 Å². The summed E-state index contributed by atoms with van der Waals surface area (Å²) in [6.45, 7) is 3.06. The van der Waals surface area contributed by atoms with Gasteiger partial charge in [0, 0.05) is 11.6 Å². The van der Waals surface area contributed by atoms with Gasteiger partial charge in [0.1, 0.15) is 22.1 Å². The second-order valence-corrected chi connectivity index (χ2v) is 7.77. The van der Waals surface area contributed by atoms with E-state index in [0.29, 0.717) is 11.3 Å². The van der Waals surface area contributed by atoms with E-state index < -0.39 is 24.3 Å². The minimum Gasteiger partial charge on any atom is -0.465 e. The number of amides is 1. The Morgan fingerprint density at radius 2 is 2.03 bits per heavy atom. The van der Waals surface area contributed by atoms with Gasteiger partial charge < -0.3 is 14.8 Å². The predicted octanol–water partition coefficient (Wildman–Crippen LogP) is 3.67. The van der Waals surface area contributed by atoms with Gasteiger partial charge in [-0.3, -0.25) is 9.48 Å². The van der Waals surface area contributed by atoms with Crippen molar-refractivity contribution in [3.05, 3.63) is 33.5 Å². The number of halogens is 2. The summed E-state index contributed by atoms with van der Waals surface area (Å²) >= 11 is 0.893. The van der Waals surface area contributed by atoms with E-state index in [2.05, 4.69) is 10.4 Å². The fraction of sp³-hybridized carbons (Fsp3) is 0.474. The third-order valence-corrected chi connectivity index (χ3v) is 5.78. The molecule has 30 heavy (non-hydrogen) atoms. The van der Waals surface area contributed by atoms with Crippen LogP contribution in [-0.4, -0.2) is 41.3 Å². The summed E-state index contributed by atoms with van der Waals surface area (Å²) in [5.74, 6) is -1.78. The van der Waals surface area contributed by atoms with Gasteiger partial charge in [-0.15, -0.1) is 11.3 Å². The highest BCUT2D eigenvalue weighted by Crippen LogP contribution is 2.41. The van der Waals surface area contributed by atoms with Crippen molar-refractivity contribution in [3.8, 4) is 0 Å². The Kier molecular flexibility index (Phi) is 6.49. The van der Waals surface area contributed by atoms with Crippen LogP contribution in [0.2, 0.25) is 0 Å². The minimum absolute atomic E-state index is 0.0510. The molecule has 1 aliphatic rings. The van der Waals surface area contributed by atoms with Crippen molar-refractivity contribution in [1.29, 1.82) is 0 Å². The first kappa shape index (κ1) is 21.9. The molecule has 1 aliphatic carbocycles. The van der Waals surface area contributed by atoms with E-state index in [1.807, 2.05) is 0 Å². The normalized spacial score (nSPS) is 13.4. The molecule has 1 saturated carbocycles. The monoisotopic (exact) mass is 441 g/mol. The number of nitrogens with zero attached hydrogens (tertiary/aromatic N) is 2. The summed E-state index contributed by atoms with van der Waals surface area (Å²) < 4.78 is 37.1. The van der Waals surface area contributed by atoms with Crippen LogP contribution in [0.25, 0.3) is 0 Å². The van der Waals surface area contributed by atoms with E-state index in [1.165, 1.54) is 17.9 Å². The maximum atomic E-state index is 13.0. The fourth-order valence-electron chi connectivity index (χ4n) is 3.04. The molecular weight excluding hydrogens is 420 g/mol. The number of aromatic nitrogens is 2. The highest BCUT2D eigenvalue weighted by Gasteiger charge is 2.31. The molecule has 0 aromatic carbocycles. The molecule has 2 aromatic heterocycles. The Hall–Kier alpha value is -2.82. The van der Waals surface area contributed by atoms with Gasteiger partial charge in [-0.1, -0.05) is 0 Å². The predicted molar refractivity (Wildman–Crippen MR) is 104 cm³/mol. The number of thiophene rings is 1. The number of rotatable bonds is 8. The van der Waals surface area contributed by atoms with Crippen LogP contribution in [0, 0.1) is 6.92 Å². The molecule has 8 nitrogen and oxygen atoms in total. The first-order valence-corrected chi connectivity index (χ1v) is 10.1. The number of nitrogens with one attached hydrogen (secondary N) is 1. The molecule has 0 bridgehead atoms. The fourth-order valence-corrected chi connectivity index (χ4v) is 4.14. The molecule has 3 rings (SSSR count). The van der Waals surface area contributed by atoms with Gasteiger partial charge in [0.15, 0.2) is 0 Å². The molecule has 0 unspecified atom stereocenters. The van der Waals surface area contributed by atoms with Crippen molar-refractivity contribution < 1.29 is 32.6 Å². The number of esters is 2. The summed E-state index contributed by atoms with van der Waals surface area (Å²) in [6, 6.07) is 1.32. The van der Waals surface area contributed by atoms with Gasteiger partial charge in [0.05, 0.1) is 19.3 Å². The Morgan fingerprint density at radius 1 is 1.33 bits per heavy atom. The Balaban J connectivity index is 1.85. The molecule has 0 saturated heterocycles. The average Bonchev–Trinajstić information content (AvgIpc) is 3.37. The number of anilines is 1. The SMILES string of the molecule is CCOC(=O)c1sc(NC(=O)Cn2nc(C(F)F)cc2C2CC2)c(C(=O)OC)c1C. The van der Waals surface area contributed by atoms with E-state index in [9.17, 15) is 23.2 Å². The first-order chi connectivity index (χ1) is 14.3. The molecule has 0 radical (unpaired) electrons. The highest BCUT2D eigenvalue weighted by atomic mass is 32.1. The highest BCUT2D eigenvalue weighted by molar-refractivity contribution is 7.18. The molecular formula is C19H21F2N3O5S. The summed E-state index contributed by atoms with van der Waals surface area (Å²) in [4.78, 5) is 37.1. The Morgan fingerprint density at radius 3 is 2.60 bits per heavy atom. The van der Waals surface area contributed by atoms with Crippen LogP contribution in [-0.2, 0) is 20.8 Å². The number of hydrogen-bond acceptors (Lipinski definition) is 7. The minimum atomic E-state index is -2.73. The van der Waals surface area contributed by atoms with E-state index in [4.69, 9.17) is 9.47 Å². The average molecular weight is 441 g/mol. The van der Waals surface area contributed by atoms with Crippen LogP contribution in [0.15, 0.2) is 6.07 Å². The lowest BCUT2D eigenvalue weighted by Crippen LogP contribution is -2.21. The van der Waals surface area contributed by atoms with Crippen molar-refractivity contribution >= 4 is 34.2 Å². The molecule has 0 aliphatic heterocycles. The lowest BCUT2D eigenvalue weighted by Gasteiger charge is -2.08. The van der Waals surface area contributed by atoms with E-state index in [1.54, 1.807) is 13.8 Å².